The Balaban J connectivity index is 2.13. The lowest BCUT2D eigenvalue weighted by Gasteiger charge is -2.33. The molecule has 3 nitrogen and oxygen atoms in total. The Hall–Kier alpha value is -0.930. The second-order valence-corrected chi connectivity index (χ2v) is 4.92. The van der Waals surface area contributed by atoms with Crippen molar-refractivity contribution in [1.29, 1.82) is 0 Å². The van der Waals surface area contributed by atoms with Crippen molar-refractivity contribution in [2.24, 2.45) is 0 Å². The maximum absolute atomic E-state index is 10.9. The van der Waals surface area contributed by atoms with Gasteiger partial charge in [-0.3, -0.25) is 4.79 Å². The smallest absolute Gasteiger partial charge is 0.163 e. The fourth-order valence-corrected chi connectivity index (χ4v) is 1.88. The highest BCUT2D eigenvalue weighted by Crippen LogP contribution is 2.21. The average Bonchev–Trinajstić information content (AvgIpc) is 2.29. The number of aldehydes is 1. The molecule has 0 N–H and O–H groups in total. The topological polar surface area (TPSA) is 35.5 Å². The highest BCUT2D eigenvalue weighted by Gasteiger charge is 2.25. The van der Waals surface area contributed by atoms with Crippen LogP contribution in [0.1, 0.15) is 52.9 Å². The van der Waals surface area contributed by atoms with Crippen LogP contribution in [0, 0.1) is 0 Å². The third-order valence-corrected chi connectivity index (χ3v) is 2.87. The molecule has 1 aliphatic rings. The van der Waals surface area contributed by atoms with Crippen molar-refractivity contribution < 1.29 is 14.3 Å². The second kappa shape index (κ2) is 8.22. The van der Waals surface area contributed by atoms with Crippen molar-refractivity contribution in [3.05, 3.63) is 23.3 Å². The van der Waals surface area contributed by atoms with E-state index in [0.717, 1.165) is 44.0 Å². The van der Waals surface area contributed by atoms with Crippen LogP contribution in [0.25, 0.3) is 0 Å². The van der Waals surface area contributed by atoms with E-state index >= 15 is 0 Å². The van der Waals surface area contributed by atoms with E-state index in [4.69, 9.17) is 9.47 Å². The molecule has 0 bridgehead atoms. The van der Waals surface area contributed by atoms with E-state index in [9.17, 15) is 4.79 Å². The maximum atomic E-state index is 10.9. The van der Waals surface area contributed by atoms with Crippen molar-refractivity contribution in [3.63, 3.8) is 0 Å². The molecule has 0 aliphatic carbocycles. The molecule has 1 aliphatic heterocycles. The molecular formula is C15H24O3. The van der Waals surface area contributed by atoms with Crippen molar-refractivity contribution in [2.45, 2.75) is 65.5 Å². The van der Waals surface area contributed by atoms with Gasteiger partial charge in [0.25, 0.3) is 0 Å². The predicted octanol–water partition coefficient (Wildman–Crippen LogP) is 3.75. The Morgan fingerprint density at radius 1 is 1.17 bits per heavy atom. The fourth-order valence-electron chi connectivity index (χ4n) is 1.88. The molecule has 102 valence electrons. The SMILES string of the molecule is CC(C)=CCCC(C=O)=CCCCC1OC(C)O1. The number of carbonyl (C=O) groups is 1. The summed E-state index contributed by atoms with van der Waals surface area (Å²) in [6.07, 6.45) is 9.69. The van der Waals surface area contributed by atoms with Crippen LogP contribution >= 0.6 is 0 Å². The number of allylic oxidation sites excluding steroid dienone is 4. The van der Waals surface area contributed by atoms with Crippen molar-refractivity contribution in [3.8, 4) is 0 Å². The van der Waals surface area contributed by atoms with Gasteiger partial charge in [0.2, 0.25) is 0 Å². The van der Waals surface area contributed by atoms with Crippen molar-refractivity contribution in [1.82, 2.24) is 0 Å². The summed E-state index contributed by atoms with van der Waals surface area (Å²) in [7, 11) is 0. The number of rotatable bonds is 8. The molecular weight excluding hydrogens is 228 g/mol. The molecule has 0 aromatic heterocycles. The minimum absolute atomic E-state index is 0.0289. The Labute approximate surface area is 110 Å². The maximum Gasteiger partial charge on any atom is 0.163 e. The Morgan fingerprint density at radius 2 is 1.89 bits per heavy atom. The summed E-state index contributed by atoms with van der Waals surface area (Å²) < 4.78 is 10.7. The van der Waals surface area contributed by atoms with E-state index in [1.807, 2.05) is 13.0 Å². The van der Waals surface area contributed by atoms with E-state index < -0.39 is 0 Å². The summed E-state index contributed by atoms with van der Waals surface area (Å²) >= 11 is 0. The Morgan fingerprint density at radius 3 is 2.44 bits per heavy atom. The van der Waals surface area contributed by atoms with Crippen LogP contribution in [-0.2, 0) is 14.3 Å². The minimum Gasteiger partial charge on any atom is -0.324 e. The quantitative estimate of drug-likeness (QED) is 0.286. The molecule has 0 saturated carbocycles. The molecule has 0 radical (unpaired) electrons. The van der Waals surface area contributed by atoms with Crippen LogP contribution in [0.4, 0.5) is 0 Å². The molecule has 0 atom stereocenters. The van der Waals surface area contributed by atoms with Crippen molar-refractivity contribution >= 4 is 6.29 Å². The van der Waals surface area contributed by atoms with Gasteiger partial charge in [-0.25, -0.2) is 0 Å². The molecule has 1 saturated heterocycles. The van der Waals surface area contributed by atoms with Crippen LogP contribution in [0.5, 0.6) is 0 Å². The molecule has 3 heteroatoms. The van der Waals surface area contributed by atoms with Gasteiger partial charge in [0.15, 0.2) is 12.6 Å². The summed E-state index contributed by atoms with van der Waals surface area (Å²) in [5.74, 6) is 0. The Kier molecular flexibility index (Phi) is 6.91. The minimum atomic E-state index is -0.0415. The van der Waals surface area contributed by atoms with Crippen molar-refractivity contribution in [2.75, 3.05) is 0 Å². The lowest BCUT2D eigenvalue weighted by Crippen LogP contribution is -2.38. The van der Waals surface area contributed by atoms with Crippen LogP contribution in [0.3, 0.4) is 0 Å². The predicted molar refractivity (Wildman–Crippen MR) is 72.1 cm³/mol. The third-order valence-electron chi connectivity index (χ3n) is 2.87. The number of hydrogen-bond acceptors (Lipinski definition) is 3. The summed E-state index contributed by atoms with van der Waals surface area (Å²) in [6.45, 7) is 6.04. The first-order valence-electron chi connectivity index (χ1n) is 6.70. The van der Waals surface area contributed by atoms with Crippen LogP contribution in [0.15, 0.2) is 23.3 Å². The molecule has 1 rings (SSSR count). The first kappa shape index (κ1) is 15.1. The zero-order chi connectivity index (χ0) is 13.4. The van der Waals surface area contributed by atoms with Gasteiger partial charge in [-0.2, -0.15) is 0 Å². The lowest BCUT2D eigenvalue weighted by atomic mass is 10.1. The van der Waals surface area contributed by atoms with E-state index in [0.29, 0.717) is 0 Å². The van der Waals surface area contributed by atoms with Gasteiger partial charge in [-0.15, -0.1) is 0 Å². The highest BCUT2D eigenvalue weighted by molar-refractivity contribution is 5.72. The number of carbonyl (C=O) groups excluding carboxylic acids is 1. The average molecular weight is 252 g/mol. The van der Waals surface area contributed by atoms with Gasteiger partial charge in [0.05, 0.1) is 0 Å². The van der Waals surface area contributed by atoms with Crippen LogP contribution in [-0.4, -0.2) is 18.9 Å². The molecule has 0 unspecified atom stereocenters. The fraction of sp³-hybridized carbons (Fsp3) is 0.667. The zero-order valence-corrected chi connectivity index (χ0v) is 11.6. The van der Waals surface area contributed by atoms with Gasteiger partial charge in [0, 0.05) is 0 Å². The first-order chi connectivity index (χ1) is 8.61. The summed E-state index contributed by atoms with van der Waals surface area (Å²) in [5.41, 5.74) is 2.20. The molecule has 18 heavy (non-hydrogen) atoms. The van der Waals surface area contributed by atoms with Crippen LogP contribution < -0.4 is 0 Å². The second-order valence-electron chi connectivity index (χ2n) is 4.92. The highest BCUT2D eigenvalue weighted by atomic mass is 16.9. The molecule has 0 spiro atoms. The molecule has 1 heterocycles. The third kappa shape index (κ3) is 6.12. The molecule has 1 fully saturated rings. The molecule has 0 aromatic rings. The molecule has 0 aromatic carbocycles. The van der Waals surface area contributed by atoms with E-state index in [1.54, 1.807) is 0 Å². The number of hydrogen-bond donors (Lipinski definition) is 0. The monoisotopic (exact) mass is 252 g/mol. The standard InChI is InChI=1S/C15H24O3/c1-12(2)7-6-9-14(11-16)8-4-5-10-15-17-13(3)18-15/h7-8,11,13,15H,4-6,9-10H2,1-3H3. The number of unbranched alkanes of at least 4 members (excludes halogenated alkanes) is 1. The number of ether oxygens (including phenoxy) is 2. The van der Waals surface area contributed by atoms with Gasteiger partial charge in [-0.1, -0.05) is 17.7 Å². The summed E-state index contributed by atoms with van der Waals surface area (Å²) in [4.78, 5) is 10.9. The Bertz CT molecular complexity index is 308. The molecule has 0 amide bonds. The van der Waals surface area contributed by atoms with E-state index in [1.165, 1.54) is 5.57 Å². The summed E-state index contributed by atoms with van der Waals surface area (Å²) in [6, 6.07) is 0. The normalized spacial score (nSPS) is 23.4. The first-order valence-corrected chi connectivity index (χ1v) is 6.70. The van der Waals surface area contributed by atoms with Gasteiger partial charge >= 0.3 is 0 Å². The lowest BCUT2D eigenvalue weighted by molar-refractivity contribution is -0.377. The van der Waals surface area contributed by atoms with Gasteiger partial charge in [-0.05, 0) is 58.4 Å². The van der Waals surface area contributed by atoms with E-state index in [-0.39, 0.29) is 12.6 Å². The van der Waals surface area contributed by atoms with Gasteiger partial charge < -0.3 is 9.47 Å². The van der Waals surface area contributed by atoms with E-state index in [2.05, 4.69) is 19.9 Å². The summed E-state index contributed by atoms with van der Waals surface area (Å²) in [5, 5.41) is 0. The zero-order valence-electron chi connectivity index (χ0n) is 11.6. The largest absolute Gasteiger partial charge is 0.324 e. The van der Waals surface area contributed by atoms with Gasteiger partial charge in [0.1, 0.15) is 6.29 Å². The van der Waals surface area contributed by atoms with Crippen LogP contribution in [0.2, 0.25) is 0 Å².